The molecule has 1 aromatic rings. The van der Waals surface area contributed by atoms with Crippen LogP contribution in [0.15, 0.2) is 55.6 Å². The highest BCUT2D eigenvalue weighted by atomic mass is 16.6. The molecule has 1 unspecified atom stereocenters. The molecule has 1 atom stereocenters. The second kappa shape index (κ2) is 10.1. The van der Waals surface area contributed by atoms with E-state index >= 15 is 0 Å². The van der Waals surface area contributed by atoms with E-state index in [2.05, 4.69) is 13.2 Å². The first-order valence-corrected chi connectivity index (χ1v) is 7.75. The Balaban J connectivity index is 3.23. The summed E-state index contributed by atoms with van der Waals surface area (Å²) in [6, 6.07) is 8.97. The van der Waals surface area contributed by atoms with Crippen LogP contribution < -0.4 is 0 Å². The van der Waals surface area contributed by atoms with Gasteiger partial charge < -0.3 is 14.2 Å². The lowest BCUT2D eigenvalue weighted by molar-refractivity contribution is -0.164. The SMILES string of the molecule is C=CC(=O)OCC(CC)(COC(=O)C=C)C(OC=O)c1ccccc1. The fourth-order valence-electron chi connectivity index (χ4n) is 2.39. The van der Waals surface area contributed by atoms with Crippen LogP contribution in [0.4, 0.5) is 0 Å². The first-order chi connectivity index (χ1) is 12.0. The number of benzene rings is 1. The van der Waals surface area contributed by atoms with Crippen LogP contribution in [-0.4, -0.2) is 31.6 Å². The molecule has 6 heteroatoms. The molecule has 25 heavy (non-hydrogen) atoms. The molecular formula is C19H22O6. The third kappa shape index (κ3) is 5.60. The number of carbonyl (C=O) groups excluding carboxylic acids is 3. The van der Waals surface area contributed by atoms with Crippen molar-refractivity contribution < 1.29 is 28.6 Å². The molecule has 0 amide bonds. The lowest BCUT2D eigenvalue weighted by atomic mass is 9.77. The zero-order chi connectivity index (χ0) is 18.7. The van der Waals surface area contributed by atoms with E-state index in [0.717, 1.165) is 12.2 Å². The Morgan fingerprint density at radius 2 is 1.60 bits per heavy atom. The van der Waals surface area contributed by atoms with Gasteiger partial charge in [0, 0.05) is 12.2 Å². The van der Waals surface area contributed by atoms with Gasteiger partial charge in [0.25, 0.3) is 6.47 Å². The predicted molar refractivity (Wildman–Crippen MR) is 91.4 cm³/mol. The van der Waals surface area contributed by atoms with Crippen molar-refractivity contribution in [1.29, 1.82) is 0 Å². The van der Waals surface area contributed by atoms with Crippen molar-refractivity contribution in [2.75, 3.05) is 13.2 Å². The average molecular weight is 346 g/mol. The zero-order valence-corrected chi connectivity index (χ0v) is 14.2. The number of hydrogen-bond acceptors (Lipinski definition) is 6. The molecule has 1 rings (SSSR count). The number of ether oxygens (including phenoxy) is 3. The third-order valence-corrected chi connectivity index (χ3v) is 3.89. The monoisotopic (exact) mass is 346 g/mol. The van der Waals surface area contributed by atoms with Crippen molar-refractivity contribution in [1.82, 2.24) is 0 Å². The topological polar surface area (TPSA) is 78.9 Å². The van der Waals surface area contributed by atoms with Crippen molar-refractivity contribution in [3.8, 4) is 0 Å². The summed E-state index contributed by atoms with van der Waals surface area (Å²) in [5, 5.41) is 0. The fourth-order valence-corrected chi connectivity index (χ4v) is 2.39. The molecule has 0 N–H and O–H groups in total. The van der Waals surface area contributed by atoms with E-state index < -0.39 is 23.5 Å². The van der Waals surface area contributed by atoms with Gasteiger partial charge in [-0.2, -0.15) is 0 Å². The molecule has 0 spiro atoms. The number of rotatable bonds is 11. The Labute approximate surface area is 147 Å². The summed E-state index contributed by atoms with van der Waals surface area (Å²) in [5.41, 5.74) is -0.264. The molecule has 0 bridgehead atoms. The number of hydrogen-bond donors (Lipinski definition) is 0. The molecule has 0 saturated heterocycles. The summed E-state index contributed by atoms with van der Waals surface area (Å²) in [6.07, 6.45) is 1.71. The lowest BCUT2D eigenvalue weighted by Gasteiger charge is -2.37. The minimum absolute atomic E-state index is 0.119. The minimum atomic E-state index is -0.959. The van der Waals surface area contributed by atoms with Gasteiger partial charge >= 0.3 is 11.9 Å². The molecule has 6 nitrogen and oxygen atoms in total. The van der Waals surface area contributed by atoms with E-state index in [9.17, 15) is 14.4 Å². The van der Waals surface area contributed by atoms with E-state index in [1.54, 1.807) is 24.3 Å². The van der Waals surface area contributed by atoms with Crippen LogP contribution in [-0.2, 0) is 28.6 Å². The Kier molecular flexibility index (Phi) is 8.12. The van der Waals surface area contributed by atoms with Crippen LogP contribution in [0.25, 0.3) is 0 Å². The molecule has 0 aliphatic heterocycles. The molecule has 1 aromatic carbocycles. The summed E-state index contributed by atoms with van der Waals surface area (Å²) in [5.74, 6) is -1.24. The maximum Gasteiger partial charge on any atom is 0.330 e. The highest BCUT2D eigenvalue weighted by molar-refractivity contribution is 5.81. The first kappa shape index (κ1) is 20.2. The molecule has 0 heterocycles. The summed E-state index contributed by atoms with van der Waals surface area (Å²) in [7, 11) is 0. The van der Waals surface area contributed by atoms with Crippen LogP contribution in [0.2, 0.25) is 0 Å². The number of esters is 2. The summed E-state index contributed by atoms with van der Waals surface area (Å²) < 4.78 is 15.7. The largest absolute Gasteiger partial charge is 0.462 e. The second-order valence-electron chi connectivity index (χ2n) is 5.36. The van der Waals surface area contributed by atoms with Crippen LogP contribution >= 0.6 is 0 Å². The van der Waals surface area contributed by atoms with Gasteiger partial charge in [-0.15, -0.1) is 0 Å². The van der Waals surface area contributed by atoms with E-state index in [-0.39, 0.29) is 13.2 Å². The third-order valence-electron chi connectivity index (χ3n) is 3.89. The molecule has 0 fully saturated rings. The lowest BCUT2D eigenvalue weighted by Crippen LogP contribution is -2.40. The van der Waals surface area contributed by atoms with Gasteiger partial charge in [-0.3, -0.25) is 4.79 Å². The van der Waals surface area contributed by atoms with Crippen LogP contribution in [0.1, 0.15) is 25.0 Å². The van der Waals surface area contributed by atoms with Crippen LogP contribution in [0.5, 0.6) is 0 Å². The first-order valence-electron chi connectivity index (χ1n) is 7.75. The quantitative estimate of drug-likeness (QED) is 0.265. The predicted octanol–water partition coefficient (Wildman–Crippen LogP) is 2.76. The number of carbonyl (C=O) groups is 3. The van der Waals surface area contributed by atoms with Crippen molar-refractivity contribution in [3.63, 3.8) is 0 Å². The molecular weight excluding hydrogens is 324 g/mol. The van der Waals surface area contributed by atoms with Gasteiger partial charge in [0.2, 0.25) is 0 Å². The summed E-state index contributed by atoms with van der Waals surface area (Å²) >= 11 is 0. The highest BCUT2D eigenvalue weighted by Crippen LogP contribution is 2.40. The van der Waals surface area contributed by atoms with E-state index in [4.69, 9.17) is 14.2 Å². The van der Waals surface area contributed by atoms with Gasteiger partial charge in [0.15, 0.2) is 0 Å². The molecule has 0 aliphatic rings. The van der Waals surface area contributed by atoms with Crippen molar-refractivity contribution in [2.24, 2.45) is 5.41 Å². The minimum Gasteiger partial charge on any atom is -0.462 e. The average Bonchev–Trinajstić information content (AvgIpc) is 2.67. The molecule has 0 radical (unpaired) electrons. The van der Waals surface area contributed by atoms with E-state index in [1.165, 1.54) is 0 Å². The van der Waals surface area contributed by atoms with Crippen molar-refractivity contribution in [2.45, 2.75) is 19.4 Å². The van der Waals surface area contributed by atoms with Crippen molar-refractivity contribution in [3.05, 3.63) is 61.2 Å². The van der Waals surface area contributed by atoms with Gasteiger partial charge in [0.05, 0.1) is 5.41 Å². The second-order valence-corrected chi connectivity index (χ2v) is 5.36. The van der Waals surface area contributed by atoms with Crippen LogP contribution in [0.3, 0.4) is 0 Å². The highest BCUT2D eigenvalue weighted by Gasteiger charge is 2.43. The van der Waals surface area contributed by atoms with Gasteiger partial charge in [0.1, 0.15) is 19.3 Å². The molecule has 134 valence electrons. The van der Waals surface area contributed by atoms with E-state index in [1.807, 2.05) is 13.0 Å². The molecule has 0 aliphatic carbocycles. The Morgan fingerprint density at radius 3 is 2.00 bits per heavy atom. The Hall–Kier alpha value is -2.89. The molecule has 0 aromatic heterocycles. The van der Waals surface area contributed by atoms with Gasteiger partial charge in [-0.05, 0) is 12.0 Å². The fraction of sp³-hybridized carbons (Fsp3) is 0.316. The summed E-state index contributed by atoms with van der Waals surface area (Å²) in [4.78, 5) is 34.1. The van der Waals surface area contributed by atoms with Crippen LogP contribution in [0, 0.1) is 5.41 Å². The molecule has 0 saturated carbocycles. The summed E-state index contributed by atoms with van der Waals surface area (Å²) in [6.45, 7) is 8.62. The Bertz CT molecular complexity index is 584. The van der Waals surface area contributed by atoms with Crippen molar-refractivity contribution >= 4 is 18.4 Å². The van der Waals surface area contributed by atoms with Gasteiger partial charge in [-0.25, -0.2) is 9.59 Å². The standard InChI is InChI=1S/C19H22O6/c1-4-16(21)23-12-19(6-3,13-24-17(22)5-2)18(25-14-20)15-10-8-7-9-11-15/h4-5,7-11,14,18H,1-2,6,12-13H2,3H3. The smallest absolute Gasteiger partial charge is 0.330 e. The Morgan fingerprint density at radius 1 is 1.08 bits per heavy atom. The zero-order valence-electron chi connectivity index (χ0n) is 14.2. The maximum absolute atomic E-state index is 11.5. The van der Waals surface area contributed by atoms with E-state index in [0.29, 0.717) is 18.5 Å². The van der Waals surface area contributed by atoms with Gasteiger partial charge in [-0.1, -0.05) is 50.4 Å². The normalized spacial score (nSPS) is 11.7. The maximum atomic E-state index is 11.5.